The number of nitrogens with one attached hydrogen (secondary N) is 2. The van der Waals surface area contributed by atoms with Crippen LogP contribution in [0.2, 0.25) is 0 Å². The summed E-state index contributed by atoms with van der Waals surface area (Å²) in [6.45, 7) is 0.546. The largest absolute Gasteiger partial charge is 0.497 e. The summed E-state index contributed by atoms with van der Waals surface area (Å²) < 4.78 is 5.20. The smallest absolute Gasteiger partial charge is 0.220 e. The summed E-state index contributed by atoms with van der Waals surface area (Å²) in [4.78, 5) is 18.2. The zero-order chi connectivity index (χ0) is 23.2. The van der Waals surface area contributed by atoms with Crippen LogP contribution in [0.15, 0.2) is 79.0 Å². The Morgan fingerprint density at radius 1 is 1.00 bits per heavy atom. The zero-order valence-corrected chi connectivity index (χ0v) is 19.5. The van der Waals surface area contributed by atoms with Crippen molar-refractivity contribution < 1.29 is 9.53 Å². The summed E-state index contributed by atoms with van der Waals surface area (Å²) in [5.74, 6) is 0.938. The number of nitrogens with zero attached hydrogens (tertiary/aromatic N) is 1. The van der Waals surface area contributed by atoms with Gasteiger partial charge in [0.05, 0.1) is 7.11 Å². The van der Waals surface area contributed by atoms with Gasteiger partial charge in [0.2, 0.25) is 5.91 Å². The molecule has 5 nitrogen and oxygen atoms in total. The molecule has 0 fully saturated rings. The summed E-state index contributed by atoms with van der Waals surface area (Å²) in [5.41, 5.74) is 5.76. The normalized spacial score (nSPS) is 11.8. The van der Waals surface area contributed by atoms with Gasteiger partial charge in [-0.3, -0.25) is 4.79 Å². The van der Waals surface area contributed by atoms with Gasteiger partial charge in [0, 0.05) is 55.8 Å². The third kappa shape index (κ3) is 5.37. The molecule has 1 amide bonds. The number of aryl methyl sites for hydroxylation is 1. The quantitative estimate of drug-likeness (QED) is 0.379. The molecule has 33 heavy (non-hydrogen) atoms. The second-order valence-corrected chi connectivity index (χ2v) is 8.48. The van der Waals surface area contributed by atoms with E-state index in [2.05, 4.69) is 63.9 Å². The van der Waals surface area contributed by atoms with E-state index in [0.29, 0.717) is 19.4 Å². The molecule has 0 spiro atoms. The molecule has 1 atom stereocenters. The highest BCUT2D eigenvalue weighted by atomic mass is 16.5. The van der Waals surface area contributed by atoms with Gasteiger partial charge in [-0.05, 0) is 53.4 Å². The molecule has 4 aromatic rings. The molecule has 4 rings (SSSR count). The number of anilines is 1. The summed E-state index contributed by atoms with van der Waals surface area (Å²) in [5, 5.41) is 4.36. The minimum absolute atomic E-state index is 0.0561. The number of amides is 1. The Labute approximate surface area is 195 Å². The first-order valence-corrected chi connectivity index (χ1v) is 11.3. The predicted molar refractivity (Wildman–Crippen MR) is 135 cm³/mol. The SMILES string of the molecule is COc1ccc(CCC(=O)NC[C@@H](c2ccc(N(C)C)cc2)c2c[nH]c3ccccc23)cc1. The van der Waals surface area contributed by atoms with Gasteiger partial charge in [-0.25, -0.2) is 0 Å². The lowest BCUT2D eigenvalue weighted by molar-refractivity contribution is -0.121. The van der Waals surface area contributed by atoms with Crippen LogP contribution >= 0.6 is 0 Å². The Hall–Kier alpha value is -3.73. The van der Waals surface area contributed by atoms with Crippen LogP contribution < -0.4 is 15.0 Å². The lowest BCUT2D eigenvalue weighted by Gasteiger charge is -2.20. The van der Waals surface area contributed by atoms with Crippen molar-refractivity contribution >= 4 is 22.5 Å². The second kappa shape index (κ2) is 10.3. The average Bonchev–Trinajstić information content (AvgIpc) is 3.27. The molecule has 3 aromatic carbocycles. The van der Waals surface area contributed by atoms with Crippen LogP contribution in [0.5, 0.6) is 5.75 Å². The van der Waals surface area contributed by atoms with Gasteiger partial charge in [-0.2, -0.15) is 0 Å². The fourth-order valence-electron chi connectivity index (χ4n) is 4.15. The van der Waals surface area contributed by atoms with Crippen molar-refractivity contribution in [2.75, 3.05) is 32.6 Å². The molecule has 0 unspecified atom stereocenters. The molecule has 1 aromatic heterocycles. The molecule has 1 heterocycles. The van der Waals surface area contributed by atoms with E-state index in [9.17, 15) is 4.79 Å². The fourth-order valence-corrected chi connectivity index (χ4v) is 4.15. The van der Waals surface area contributed by atoms with Gasteiger partial charge in [0.1, 0.15) is 5.75 Å². The van der Waals surface area contributed by atoms with E-state index in [-0.39, 0.29) is 11.8 Å². The van der Waals surface area contributed by atoms with E-state index in [1.165, 1.54) is 16.5 Å². The molecular formula is C28H31N3O2. The fraction of sp³-hybridized carbons (Fsp3) is 0.250. The third-order valence-corrected chi connectivity index (χ3v) is 6.11. The number of benzene rings is 3. The number of aromatic amines is 1. The Bertz CT molecular complexity index is 1190. The van der Waals surface area contributed by atoms with Crippen molar-refractivity contribution in [3.63, 3.8) is 0 Å². The molecule has 0 aliphatic rings. The molecule has 2 N–H and O–H groups in total. The van der Waals surface area contributed by atoms with Gasteiger partial charge in [0.25, 0.3) is 0 Å². The van der Waals surface area contributed by atoms with Crippen molar-refractivity contribution in [3.8, 4) is 5.75 Å². The van der Waals surface area contributed by atoms with Crippen LogP contribution in [0.3, 0.4) is 0 Å². The summed E-state index contributed by atoms with van der Waals surface area (Å²) in [6, 6.07) is 24.7. The first-order valence-electron chi connectivity index (χ1n) is 11.3. The molecule has 5 heteroatoms. The van der Waals surface area contributed by atoms with E-state index in [1.54, 1.807) is 7.11 Å². The highest BCUT2D eigenvalue weighted by Crippen LogP contribution is 2.31. The number of H-pyrrole nitrogens is 1. The lowest BCUT2D eigenvalue weighted by Crippen LogP contribution is -2.29. The van der Waals surface area contributed by atoms with Crippen molar-refractivity contribution in [3.05, 3.63) is 95.7 Å². The Kier molecular flexibility index (Phi) is 6.98. The van der Waals surface area contributed by atoms with Gasteiger partial charge < -0.3 is 19.9 Å². The lowest BCUT2D eigenvalue weighted by atomic mass is 9.90. The summed E-state index contributed by atoms with van der Waals surface area (Å²) >= 11 is 0. The molecular weight excluding hydrogens is 410 g/mol. The van der Waals surface area contributed by atoms with Crippen LogP contribution in [0, 0.1) is 0 Å². The minimum atomic E-state index is 0.0561. The van der Waals surface area contributed by atoms with Crippen LogP contribution in [-0.4, -0.2) is 38.6 Å². The van der Waals surface area contributed by atoms with Crippen molar-refractivity contribution in [2.45, 2.75) is 18.8 Å². The molecule has 170 valence electrons. The highest BCUT2D eigenvalue weighted by molar-refractivity contribution is 5.84. The molecule has 0 aliphatic heterocycles. The Morgan fingerprint density at radius 2 is 1.73 bits per heavy atom. The van der Waals surface area contributed by atoms with E-state index < -0.39 is 0 Å². The maximum Gasteiger partial charge on any atom is 0.220 e. The Balaban J connectivity index is 1.49. The zero-order valence-electron chi connectivity index (χ0n) is 19.5. The summed E-state index contributed by atoms with van der Waals surface area (Å²) in [6.07, 6.45) is 3.22. The number of fused-ring (bicyclic) bond motifs is 1. The van der Waals surface area contributed by atoms with Crippen molar-refractivity contribution in [1.82, 2.24) is 10.3 Å². The monoisotopic (exact) mass is 441 g/mol. The molecule has 0 radical (unpaired) electrons. The van der Waals surface area contributed by atoms with Crippen molar-refractivity contribution in [1.29, 1.82) is 0 Å². The second-order valence-electron chi connectivity index (χ2n) is 8.48. The molecule has 0 saturated heterocycles. The minimum Gasteiger partial charge on any atom is -0.497 e. The van der Waals surface area contributed by atoms with Crippen molar-refractivity contribution in [2.24, 2.45) is 0 Å². The average molecular weight is 442 g/mol. The molecule has 0 aliphatic carbocycles. The van der Waals surface area contributed by atoms with Gasteiger partial charge >= 0.3 is 0 Å². The predicted octanol–water partition coefficient (Wildman–Crippen LogP) is 5.12. The van der Waals surface area contributed by atoms with Crippen LogP contribution in [0.25, 0.3) is 10.9 Å². The highest BCUT2D eigenvalue weighted by Gasteiger charge is 2.19. The number of ether oxygens (including phenoxy) is 1. The standard InChI is InChI=1S/C28H31N3O2/c1-31(2)22-13-11-21(12-14-22)25(26-19-29-27-7-5-4-6-24(26)27)18-30-28(32)17-10-20-8-15-23(33-3)16-9-20/h4-9,11-16,19,25,29H,10,17-18H2,1-3H3,(H,30,32)/t25-/m0/s1. The molecule has 0 saturated carbocycles. The number of para-hydroxylation sites is 1. The van der Waals surface area contributed by atoms with E-state index in [1.807, 2.05) is 44.4 Å². The van der Waals surface area contributed by atoms with E-state index >= 15 is 0 Å². The number of carbonyl (C=O) groups excluding carboxylic acids is 1. The topological polar surface area (TPSA) is 57.4 Å². The Morgan fingerprint density at radius 3 is 2.42 bits per heavy atom. The number of hydrogen-bond donors (Lipinski definition) is 2. The number of aromatic nitrogens is 1. The first-order chi connectivity index (χ1) is 16.0. The van der Waals surface area contributed by atoms with Gasteiger partial charge in [0.15, 0.2) is 0 Å². The van der Waals surface area contributed by atoms with Crippen LogP contribution in [0.1, 0.15) is 29.0 Å². The maximum atomic E-state index is 12.7. The van der Waals surface area contributed by atoms with Gasteiger partial charge in [-0.1, -0.05) is 42.5 Å². The number of rotatable bonds is 9. The van der Waals surface area contributed by atoms with Crippen LogP contribution in [0.4, 0.5) is 5.69 Å². The number of carbonyl (C=O) groups is 1. The summed E-state index contributed by atoms with van der Waals surface area (Å²) in [7, 11) is 5.73. The van der Waals surface area contributed by atoms with Gasteiger partial charge in [-0.15, -0.1) is 0 Å². The number of hydrogen-bond acceptors (Lipinski definition) is 3. The maximum absolute atomic E-state index is 12.7. The first kappa shape index (κ1) is 22.5. The molecule has 0 bridgehead atoms. The van der Waals surface area contributed by atoms with E-state index in [0.717, 1.165) is 22.5 Å². The third-order valence-electron chi connectivity index (χ3n) is 6.11. The number of methoxy groups -OCH3 is 1. The van der Waals surface area contributed by atoms with Crippen LogP contribution in [-0.2, 0) is 11.2 Å². The van der Waals surface area contributed by atoms with E-state index in [4.69, 9.17) is 4.74 Å².